The van der Waals surface area contributed by atoms with Crippen molar-refractivity contribution in [1.29, 1.82) is 0 Å². The standard InChI is InChI=1S/C11H17N.CH5N/c1-8-5-10-3-4-12-7-11(10)6-9(8)2;1-2/h5-6,8-9,12H,3-4,7H2,1-2H3;2H2,1H3. The molecule has 0 aromatic rings. The number of nitrogens with one attached hydrogen (secondary N) is 1. The Labute approximate surface area is 87.3 Å². The van der Waals surface area contributed by atoms with Gasteiger partial charge in [0.1, 0.15) is 0 Å². The SMILES string of the molecule is CC1C=C2CCNCC2=CC1C.CN. The van der Waals surface area contributed by atoms with Gasteiger partial charge in [0.05, 0.1) is 0 Å². The van der Waals surface area contributed by atoms with Crippen molar-refractivity contribution in [3.05, 3.63) is 23.3 Å². The Hall–Kier alpha value is -0.600. The van der Waals surface area contributed by atoms with E-state index in [4.69, 9.17) is 0 Å². The van der Waals surface area contributed by atoms with E-state index in [-0.39, 0.29) is 0 Å². The first-order valence-electron chi connectivity index (χ1n) is 5.47. The third-order valence-corrected chi connectivity index (χ3v) is 3.06. The molecule has 0 saturated carbocycles. The van der Waals surface area contributed by atoms with Crippen molar-refractivity contribution in [2.24, 2.45) is 17.6 Å². The summed E-state index contributed by atoms with van der Waals surface area (Å²) in [5.41, 5.74) is 7.64. The molecule has 0 radical (unpaired) electrons. The van der Waals surface area contributed by atoms with Gasteiger partial charge in [0.15, 0.2) is 0 Å². The van der Waals surface area contributed by atoms with Crippen molar-refractivity contribution in [2.45, 2.75) is 20.3 Å². The van der Waals surface area contributed by atoms with Crippen molar-refractivity contribution >= 4 is 0 Å². The highest BCUT2D eigenvalue weighted by molar-refractivity contribution is 5.38. The normalized spacial score (nSPS) is 30.6. The number of piperidine rings is 1. The molecule has 1 aliphatic carbocycles. The van der Waals surface area contributed by atoms with Gasteiger partial charge in [-0.3, -0.25) is 0 Å². The monoisotopic (exact) mass is 194 g/mol. The van der Waals surface area contributed by atoms with E-state index in [0.29, 0.717) is 0 Å². The quantitative estimate of drug-likeness (QED) is 0.616. The highest BCUT2D eigenvalue weighted by atomic mass is 14.9. The minimum atomic E-state index is 0.726. The fraction of sp³-hybridized carbons (Fsp3) is 0.667. The van der Waals surface area contributed by atoms with Gasteiger partial charge in [-0.2, -0.15) is 0 Å². The second-order valence-corrected chi connectivity index (χ2v) is 4.03. The highest BCUT2D eigenvalue weighted by Crippen LogP contribution is 2.29. The van der Waals surface area contributed by atoms with Crippen LogP contribution in [0, 0.1) is 11.8 Å². The third-order valence-electron chi connectivity index (χ3n) is 3.06. The lowest BCUT2D eigenvalue weighted by molar-refractivity contribution is 0.526. The van der Waals surface area contributed by atoms with Gasteiger partial charge in [-0.25, -0.2) is 0 Å². The minimum absolute atomic E-state index is 0.726. The molecule has 0 bridgehead atoms. The van der Waals surface area contributed by atoms with Gasteiger partial charge in [0.2, 0.25) is 0 Å². The van der Waals surface area contributed by atoms with Crippen molar-refractivity contribution in [3.63, 3.8) is 0 Å². The average molecular weight is 194 g/mol. The first kappa shape index (κ1) is 11.5. The van der Waals surface area contributed by atoms with Crippen LogP contribution < -0.4 is 11.1 Å². The Morgan fingerprint density at radius 2 is 1.71 bits per heavy atom. The van der Waals surface area contributed by atoms with Crippen LogP contribution in [-0.4, -0.2) is 20.1 Å². The summed E-state index contributed by atoms with van der Waals surface area (Å²) < 4.78 is 0. The van der Waals surface area contributed by atoms with Crippen LogP contribution in [0.15, 0.2) is 23.3 Å². The van der Waals surface area contributed by atoms with E-state index >= 15 is 0 Å². The van der Waals surface area contributed by atoms with E-state index in [1.54, 1.807) is 11.1 Å². The van der Waals surface area contributed by atoms with Crippen molar-refractivity contribution < 1.29 is 0 Å². The maximum absolute atomic E-state index is 4.50. The number of hydrogen-bond donors (Lipinski definition) is 2. The number of rotatable bonds is 0. The summed E-state index contributed by atoms with van der Waals surface area (Å²) in [6, 6.07) is 0. The molecule has 2 atom stereocenters. The number of nitrogens with two attached hydrogens (primary N) is 1. The first-order valence-corrected chi connectivity index (χ1v) is 5.47. The van der Waals surface area contributed by atoms with Gasteiger partial charge in [0.25, 0.3) is 0 Å². The molecule has 1 heterocycles. The van der Waals surface area contributed by atoms with Gasteiger partial charge in [-0.1, -0.05) is 26.0 Å². The Balaban J connectivity index is 0.000000461. The zero-order chi connectivity index (χ0) is 10.6. The molecule has 0 aromatic heterocycles. The molecule has 3 N–H and O–H groups in total. The zero-order valence-electron chi connectivity index (χ0n) is 9.51. The Morgan fingerprint density at radius 3 is 2.36 bits per heavy atom. The Bertz CT molecular complexity index is 215. The molecule has 2 unspecified atom stereocenters. The van der Waals surface area contributed by atoms with E-state index < -0.39 is 0 Å². The van der Waals surface area contributed by atoms with Crippen LogP contribution in [0.4, 0.5) is 0 Å². The summed E-state index contributed by atoms with van der Waals surface area (Å²) in [5.74, 6) is 1.46. The van der Waals surface area contributed by atoms with E-state index in [0.717, 1.165) is 24.9 Å². The van der Waals surface area contributed by atoms with Crippen LogP contribution in [0.1, 0.15) is 20.3 Å². The van der Waals surface area contributed by atoms with Gasteiger partial charge in [-0.05, 0) is 43.0 Å². The van der Waals surface area contributed by atoms with Gasteiger partial charge in [-0.15, -0.1) is 0 Å². The van der Waals surface area contributed by atoms with Crippen LogP contribution in [0.5, 0.6) is 0 Å². The summed E-state index contributed by atoms with van der Waals surface area (Å²) in [7, 11) is 1.50. The maximum Gasteiger partial charge on any atom is 0.0205 e. The summed E-state index contributed by atoms with van der Waals surface area (Å²) in [5, 5.41) is 3.41. The maximum atomic E-state index is 4.50. The van der Waals surface area contributed by atoms with E-state index in [1.807, 2.05) is 0 Å². The average Bonchev–Trinajstić information content (AvgIpc) is 2.23. The van der Waals surface area contributed by atoms with Crippen LogP contribution in [-0.2, 0) is 0 Å². The Kier molecular flexibility index (Phi) is 4.36. The number of hydrogen-bond acceptors (Lipinski definition) is 2. The van der Waals surface area contributed by atoms with Crippen LogP contribution in [0.2, 0.25) is 0 Å². The molecule has 0 aromatic carbocycles. The summed E-state index contributed by atoms with van der Waals surface area (Å²) in [6.07, 6.45) is 6.12. The molecule has 1 saturated heterocycles. The highest BCUT2D eigenvalue weighted by Gasteiger charge is 2.19. The van der Waals surface area contributed by atoms with Crippen LogP contribution in [0.25, 0.3) is 0 Å². The zero-order valence-corrected chi connectivity index (χ0v) is 9.51. The topological polar surface area (TPSA) is 38.0 Å². The summed E-state index contributed by atoms with van der Waals surface area (Å²) in [4.78, 5) is 0. The number of fused-ring (bicyclic) bond motifs is 1. The molecular weight excluding hydrogens is 172 g/mol. The van der Waals surface area contributed by atoms with Gasteiger partial charge < -0.3 is 11.1 Å². The lowest BCUT2D eigenvalue weighted by Gasteiger charge is -2.28. The van der Waals surface area contributed by atoms with Gasteiger partial charge >= 0.3 is 0 Å². The molecule has 1 aliphatic heterocycles. The lowest BCUT2D eigenvalue weighted by atomic mass is 9.82. The summed E-state index contributed by atoms with van der Waals surface area (Å²) >= 11 is 0. The molecule has 0 amide bonds. The third kappa shape index (κ3) is 2.46. The van der Waals surface area contributed by atoms with E-state index in [2.05, 4.69) is 37.0 Å². The largest absolute Gasteiger partial charge is 0.333 e. The molecule has 14 heavy (non-hydrogen) atoms. The van der Waals surface area contributed by atoms with Crippen molar-refractivity contribution in [1.82, 2.24) is 5.32 Å². The van der Waals surface area contributed by atoms with E-state index in [9.17, 15) is 0 Å². The fourth-order valence-corrected chi connectivity index (χ4v) is 2.01. The van der Waals surface area contributed by atoms with Crippen molar-refractivity contribution in [3.8, 4) is 0 Å². The first-order chi connectivity index (χ1) is 6.77. The van der Waals surface area contributed by atoms with Crippen LogP contribution in [0.3, 0.4) is 0 Å². The van der Waals surface area contributed by atoms with E-state index in [1.165, 1.54) is 13.5 Å². The molecule has 1 fully saturated rings. The second kappa shape index (κ2) is 5.32. The molecule has 2 nitrogen and oxygen atoms in total. The molecule has 2 heteroatoms. The predicted octanol–water partition coefficient (Wildman–Crippen LogP) is 1.69. The van der Waals surface area contributed by atoms with Crippen LogP contribution >= 0.6 is 0 Å². The molecule has 80 valence electrons. The fourth-order valence-electron chi connectivity index (χ4n) is 2.01. The molecule has 0 spiro atoms. The van der Waals surface area contributed by atoms with Crippen molar-refractivity contribution in [2.75, 3.05) is 20.1 Å². The summed E-state index contributed by atoms with van der Waals surface area (Å²) in [6.45, 7) is 6.86. The molecule has 2 rings (SSSR count). The lowest BCUT2D eigenvalue weighted by Crippen LogP contribution is -2.28. The Morgan fingerprint density at radius 1 is 1.14 bits per heavy atom. The predicted molar refractivity (Wildman–Crippen MR) is 62.1 cm³/mol. The van der Waals surface area contributed by atoms with Gasteiger partial charge in [0, 0.05) is 6.54 Å². The molecular formula is C12H22N2. The second-order valence-electron chi connectivity index (χ2n) is 4.03. The molecule has 2 aliphatic rings. The number of allylic oxidation sites excluding steroid dienone is 2. The minimum Gasteiger partial charge on any atom is -0.333 e. The smallest absolute Gasteiger partial charge is 0.0205 e.